The summed E-state index contributed by atoms with van der Waals surface area (Å²) in [5, 5.41) is 9.62. The van der Waals surface area contributed by atoms with Crippen molar-refractivity contribution in [3.05, 3.63) is 11.6 Å². The van der Waals surface area contributed by atoms with Gasteiger partial charge < -0.3 is 5.11 Å². The molecular weight excluding hydrogens is 148 g/mol. The molecule has 0 amide bonds. The third kappa shape index (κ3) is 3.91. The van der Waals surface area contributed by atoms with Gasteiger partial charge in [-0.25, -0.2) is 0 Å². The van der Waals surface area contributed by atoms with E-state index in [0.717, 1.165) is 6.42 Å². The Morgan fingerprint density at radius 3 is 2.75 bits per heavy atom. The lowest BCUT2D eigenvalue weighted by Gasteiger charge is -2.18. The van der Waals surface area contributed by atoms with E-state index in [2.05, 4.69) is 6.08 Å². The van der Waals surface area contributed by atoms with Gasteiger partial charge in [-0.2, -0.15) is 0 Å². The van der Waals surface area contributed by atoms with Gasteiger partial charge >= 0.3 is 0 Å². The molecule has 1 N–H and O–H groups in total. The van der Waals surface area contributed by atoms with Gasteiger partial charge in [0.15, 0.2) is 0 Å². The number of rotatable bonds is 2. The highest BCUT2D eigenvalue weighted by Crippen LogP contribution is 2.24. The van der Waals surface area contributed by atoms with E-state index in [1.54, 1.807) is 0 Å². The van der Waals surface area contributed by atoms with E-state index in [-0.39, 0.29) is 0 Å². The molecule has 0 saturated heterocycles. The van der Waals surface area contributed by atoms with Crippen LogP contribution in [0.15, 0.2) is 11.6 Å². The predicted molar refractivity (Wildman–Crippen MR) is 52.1 cm³/mol. The van der Waals surface area contributed by atoms with Gasteiger partial charge in [0.05, 0.1) is 5.60 Å². The van der Waals surface area contributed by atoms with Crippen LogP contribution in [-0.4, -0.2) is 10.7 Å². The maximum atomic E-state index is 9.62. The van der Waals surface area contributed by atoms with Crippen LogP contribution in [0.2, 0.25) is 0 Å². The first-order valence-electron chi connectivity index (χ1n) is 4.98. The summed E-state index contributed by atoms with van der Waals surface area (Å²) in [4.78, 5) is 0. The summed E-state index contributed by atoms with van der Waals surface area (Å²) in [7, 11) is 0. The molecule has 12 heavy (non-hydrogen) atoms. The molecule has 1 nitrogen and oxygen atoms in total. The summed E-state index contributed by atoms with van der Waals surface area (Å²) < 4.78 is 0. The molecular formula is C11H20O. The third-order valence-electron chi connectivity index (χ3n) is 2.29. The summed E-state index contributed by atoms with van der Waals surface area (Å²) in [6, 6.07) is 0. The van der Waals surface area contributed by atoms with Gasteiger partial charge in [0, 0.05) is 0 Å². The van der Waals surface area contributed by atoms with E-state index in [4.69, 9.17) is 0 Å². The van der Waals surface area contributed by atoms with Crippen LogP contribution in [-0.2, 0) is 0 Å². The summed E-state index contributed by atoms with van der Waals surface area (Å²) in [5.74, 6) is 0. The Morgan fingerprint density at radius 1 is 1.33 bits per heavy atom. The van der Waals surface area contributed by atoms with Crippen LogP contribution in [0.25, 0.3) is 0 Å². The molecule has 0 unspecified atom stereocenters. The monoisotopic (exact) mass is 168 g/mol. The molecule has 70 valence electrons. The second-order valence-corrected chi connectivity index (χ2v) is 4.45. The highest BCUT2D eigenvalue weighted by molar-refractivity contribution is 5.06. The molecule has 0 atom stereocenters. The Hall–Kier alpha value is -0.300. The average molecular weight is 168 g/mol. The number of hydrogen-bond acceptors (Lipinski definition) is 1. The number of hydrogen-bond donors (Lipinski definition) is 1. The first-order chi connectivity index (χ1) is 5.58. The van der Waals surface area contributed by atoms with E-state index >= 15 is 0 Å². The van der Waals surface area contributed by atoms with Gasteiger partial charge in [-0.1, -0.05) is 18.1 Å². The van der Waals surface area contributed by atoms with Crippen LogP contribution in [0.4, 0.5) is 0 Å². The fraction of sp³-hybridized carbons (Fsp3) is 0.818. The molecule has 0 saturated carbocycles. The van der Waals surface area contributed by atoms with Crippen molar-refractivity contribution in [2.24, 2.45) is 0 Å². The molecule has 1 heteroatoms. The Bertz CT molecular complexity index is 162. The summed E-state index contributed by atoms with van der Waals surface area (Å²) in [6.07, 6.45) is 9.58. The smallest absolute Gasteiger partial charge is 0.0628 e. The molecule has 0 aromatic rings. The molecule has 1 rings (SSSR count). The van der Waals surface area contributed by atoms with Crippen LogP contribution in [0.1, 0.15) is 52.4 Å². The van der Waals surface area contributed by atoms with Crippen LogP contribution in [0.3, 0.4) is 0 Å². The van der Waals surface area contributed by atoms with Gasteiger partial charge in [0.1, 0.15) is 0 Å². The summed E-state index contributed by atoms with van der Waals surface area (Å²) in [6.45, 7) is 3.78. The Balaban J connectivity index is 2.44. The van der Waals surface area contributed by atoms with Crippen molar-refractivity contribution in [2.45, 2.75) is 58.0 Å². The summed E-state index contributed by atoms with van der Waals surface area (Å²) >= 11 is 0. The SMILES string of the molecule is CC(C)(O)CC1=CCCCCC1. The quantitative estimate of drug-likeness (QED) is 0.628. The average Bonchev–Trinajstić information content (AvgIpc) is 2.12. The second kappa shape index (κ2) is 4.08. The van der Waals surface area contributed by atoms with Crippen molar-refractivity contribution in [3.63, 3.8) is 0 Å². The molecule has 1 aliphatic carbocycles. The van der Waals surface area contributed by atoms with Crippen LogP contribution in [0.5, 0.6) is 0 Å². The first-order valence-corrected chi connectivity index (χ1v) is 4.98. The lowest BCUT2D eigenvalue weighted by atomic mass is 9.96. The van der Waals surface area contributed by atoms with E-state index in [1.165, 1.54) is 37.7 Å². The Kier molecular flexibility index (Phi) is 3.33. The van der Waals surface area contributed by atoms with E-state index in [9.17, 15) is 5.11 Å². The van der Waals surface area contributed by atoms with Crippen LogP contribution >= 0.6 is 0 Å². The van der Waals surface area contributed by atoms with E-state index in [0.29, 0.717) is 0 Å². The van der Waals surface area contributed by atoms with Gasteiger partial charge in [-0.15, -0.1) is 0 Å². The molecule has 0 aromatic carbocycles. The molecule has 0 spiro atoms. The standard InChI is InChI=1S/C11H20O/c1-11(2,12)9-10-7-5-3-4-6-8-10/h7,12H,3-6,8-9H2,1-2H3. The lowest BCUT2D eigenvalue weighted by molar-refractivity contribution is 0.0800. The maximum Gasteiger partial charge on any atom is 0.0628 e. The summed E-state index contributed by atoms with van der Waals surface area (Å²) in [5.41, 5.74) is 0.941. The van der Waals surface area contributed by atoms with Gasteiger partial charge in [0.2, 0.25) is 0 Å². The first kappa shape index (κ1) is 9.79. The molecule has 0 radical (unpaired) electrons. The topological polar surface area (TPSA) is 20.2 Å². The predicted octanol–water partition coefficient (Wildman–Crippen LogP) is 3.04. The Morgan fingerprint density at radius 2 is 2.08 bits per heavy atom. The molecule has 0 heterocycles. The molecule has 0 fully saturated rings. The molecule has 1 aliphatic rings. The zero-order valence-electron chi connectivity index (χ0n) is 8.27. The van der Waals surface area contributed by atoms with Gasteiger partial charge in [-0.3, -0.25) is 0 Å². The van der Waals surface area contributed by atoms with Crippen molar-refractivity contribution in [2.75, 3.05) is 0 Å². The minimum atomic E-state index is -0.518. The van der Waals surface area contributed by atoms with Crippen molar-refractivity contribution in [1.29, 1.82) is 0 Å². The zero-order chi connectivity index (χ0) is 9.03. The largest absolute Gasteiger partial charge is 0.390 e. The minimum absolute atomic E-state index is 0.518. The number of aliphatic hydroxyl groups is 1. The van der Waals surface area contributed by atoms with Crippen LogP contribution in [0, 0.1) is 0 Å². The fourth-order valence-corrected chi connectivity index (χ4v) is 1.80. The molecule has 0 aliphatic heterocycles. The maximum absolute atomic E-state index is 9.62. The van der Waals surface area contributed by atoms with E-state index in [1.807, 2.05) is 13.8 Å². The van der Waals surface area contributed by atoms with Crippen molar-refractivity contribution < 1.29 is 5.11 Å². The number of allylic oxidation sites excluding steroid dienone is 1. The zero-order valence-corrected chi connectivity index (χ0v) is 8.27. The van der Waals surface area contributed by atoms with Gasteiger partial charge in [-0.05, 0) is 46.0 Å². The lowest BCUT2D eigenvalue weighted by Crippen LogP contribution is -2.19. The highest BCUT2D eigenvalue weighted by Gasteiger charge is 2.15. The van der Waals surface area contributed by atoms with Crippen molar-refractivity contribution in [3.8, 4) is 0 Å². The third-order valence-corrected chi connectivity index (χ3v) is 2.29. The van der Waals surface area contributed by atoms with Crippen molar-refractivity contribution >= 4 is 0 Å². The molecule has 0 bridgehead atoms. The van der Waals surface area contributed by atoms with E-state index < -0.39 is 5.60 Å². The molecule has 0 aromatic heterocycles. The normalized spacial score (nSPS) is 20.1. The highest BCUT2D eigenvalue weighted by atomic mass is 16.3. The minimum Gasteiger partial charge on any atom is -0.390 e. The Labute approximate surface area is 75.5 Å². The second-order valence-electron chi connectivity index (χ2n) is 4.45. The van der Waals surface area contributed by atoms with Crippen LogP contribution < -0.4 is 0 Å². The van der Waals surface area contributed by atoms with Crippen molar-refractivity contribution in [1.82, 2.24) is 0 Å². The fourth-order valence-electron chi connectivity index (χ4n) is 1.80. The van der Waals surface area contributed by atoms with Gasteiger partial charge in [0.25, 0.3) is 0 Å².